The molecule has 8 rings (SSSR count). The van der Waals surface area contributed by atoms with Gasteiger partial charge in [-0.15, -0.1) is 11.8 Å². The summed E-state index contributed by atoms with van der Waals surface area (Å²) >= 11 is 9.00. The molecule has 1 N–H and O–H groups in total. The summed E-state index contributed by atoms with van der Waals surface area (Å²) in [5.41, 5.74) is 1.62. The lowest BCUT2D eigenvalue weighted by Gasteiger charge is -2.43. The second kappa shape index (κ2) is 10.5. The van der Waals surface area contributed by atoms with Crippen LogP contribution < -0.4 is 14.5 Å². The monoisotopic (exact) mass is 635 g/mol. The van der Waals surface area contributed by atoms with E-state index in [0.717, 1.165) is 47.8 Å². The number of nitrogens with one attached hydrogen (secondary N) is 1. The summed E-state index contributed by atoms with van der Waals surface area (Å²) in [6.45, 7) is 1.60. The predicted octanol–water partition coefficient (Wildman–Crippen LogP) is 5.16. The minimum Gasteiger partial charge on any atom is -0.484 e. The summed E-state index contributed by atoms with van der Waals surface area (Å²) in [7, 11) is 0. The smallest absolute Gasteiger partial charge is 0.305 e. The number of benzene rings is 2. The van der Waals surface area contributed by atoms with E-state index in [1.54, 1.807) is 36.0 Å². The standard InChI is InChI=1S/C32H30ClN3O5S2/c33-17-6-8-18(9-7-17)36-30(38)25-20-14-21(26(25)31(36)39)27-24(20)23(28-29(42-27)34-32(40)43-28)16-4-10-19(11-5-16)41-15-22(37)35-12-2-1-3-13-35/h4-11,20-21,23-27H,1-3,12-15H2,(H,34,40)/t20?,21?,23-,24?,25?,26?,27?/m1/s1. The summed E-state index contributed by atoms with van der Waals surface area (Å²) in [5, 5.41) is 1.55. The Morgan fingerprint density at radius 2 is 1.63 bits per heavy atom. The van der Waals surface area contributed by atoms with Crippen LogP contribution in [0.25, 0.3) is 0 Å². The fourth-order valence-electron chi connectivity index (χ4n) is 8.39. The molecule has 5 aliphatic rings. The van der Waals surface area contributed by atoms with Gasteiger partial charge in [0.2, 0.25) is 11.8 Å². The Hall–Kier alpha value is -3.08. The van der Waals surface area contributed by atoms with Crippen LogP contribution in [0.2, 0.25) is 5.02 Å². The fraction of sp³-hybridized carbons (Fsp3) is 0.438. The molecule has 2 aliphatic carbocycles. The van der Waals surface area contributed by atoms with Gasteiger partial charge in [0.25, 0.3) is 5.91 Å². The summed E-state index contributed by atoms with van der Waals surface area (Å²) in [5.74, 6) is -0.175. The molecule has 2 bridgehead atoms. The number of aromatic nitrogens is 1. The number of carbonyl (C=O) groups excluding carboxylic acids is 3. The zero-order chi connectivity index (χ0) is 29.4. The number of piperidine rings is 1. The van der Waals surface area contributed by atoms with Crippen molar-refractivity contribution in [2.45, 2.75) is 41.9 Å². The Morgan fingerprint density at radius 3 is 2.35 bits per heavy atom. The van der Waals surface area contributed by atoms with Gasteiger partial charge in [-0.3, -0.25) is 24.1 Å². The van der Waals surface area contributed by atoms with Gasteiger partial charge in [0.15, 0.2) is 6.61 Å². The molecule has 3 aliphatic heterocycles. The van der Waals surface area contributed by atoms with Gasteiger partial charge in [0, 0.05) is 34.2 Å². The van der Waals surface area contributed by atoms with Gasteiger partial charge in [-0.2, -0.15) is 0 Å². The van der Waals surface area contributed by atoms with Crippen LogP contribution in [0, 0.1) is 29.6 Å². The van der Waals surface area contributed by atoms with Gasteiger partial charge in [-0.25, -0.2) is 0 Å². The molecule has 0 radical (unpaired) electrons. The van der Waals surface area contributed by atoms with Crippen LogP contribution in [0.3, 0.4) is 0 Å². The highest BCUT2D eigenvalue weighted by Gasteiger charge is 2.69. The van der Waals surface area contributed by atoms with Crippen LogP contribution in [0.4, 0.5) is 5.69 Å². The molecule has 7 atom stereocenters. The van der Waals surface area contributed by atoms with Crippen LogP contribution >= 0.6 is 34.7 Å². The van der Waals surface area contributed by atoms with Crippen molar-refractivity contribution in [1.29, 1.82) is 0 Å². The van der Waals surface area contributed by atoms with Crippen molar-refractivity contribution in [1.82, 2.24) is 9.88 Å². The van der Waals surface area contributed by atoms with Crippen molar-refractivity contribution < 1.29 is 19.1 Å². The van der Waals surface area contributed by atoms with E-state index >= 15 is 0 Å². The highest BCUT2D eigenvalue weighted by Crippen LogP contribution is 2.68. The first kappa shape index (κ1) is 27.5. The normalized spacial score (nSPS) is 30.8. The maximum Gasteiger partial charge on any atom is 0.305 e. The van der Waals surface area contributed by atoms with E-state index in [1.165, 1.54) is 22.7 Å². The molecule has 43 heavy (non-hydrogen) atoms. The number of thiazole rings is 1. The molecule has 6 unspecified atom stereocenters. The molecule has 3 amide bonds. The third kappa shape index (κ3) is 4.39. The summed E-state index contributed by atoms with van der Waals surface area (Å²) in [6.07, 6.45) is 4.08. The Labute approximate surface area is 261 Å². The highest BCUT2D eigenvalue weighted by molar-refractivity contribution is 8.00. The zero-order valence-corrected chi connectivity index (χ0v) is 25.6. The van der Waals surface area contributed by atoms with Gasteiger partial charge in [0.05, 0.1) is 22.5 Å². The van der Waals surface area contributed by atoms with Crippen LogP contribution in [0.1, 0.15) is 42.0 Å². The SMILES string of the molecule is O=C(COc1ccc([C@H]2c3sc(=O)[nH]c3SC3C4CC(C5C(=O)N(c6ccc(Cl)cc6)C(=O)C45)C32)cc1)N1CCCCC1. The van der Waals surface area contributed by atoms with Crippen LogP contribution in [-0.4, -0.2) is 52.6 Å². The van der Waals surface area contributed by atoms with Gasteiger partial charge in [-0.05, 0) is 85.4 Å². The second-order valence-electron chi connectivity index (χ2n) is 12.2. The van der Waals surface area contributed by atoms with Crippen molar-refractivity contribution in [2.24, 2.45) is 29.6 Å². The van der Waals surface area contributed by atoms with E-state index in [-0.39, 0.29) is 70.0 Å². The molecule has 3 aromatic rings. The van der Waals surface area contributed by atoms with Gasteiger partial charge in [-0.1, -0.05) is 35.1 Å². The second-order valence-corrected chi connectivity index (χ2v) is 14.9. The molecule has 2 saturated carbocycles. The number of ether oxygens (including phenoxy) is 1. The maximum atomic E-state index is 13.9. The summed E-state index contributed by atoms with van der Waals surface area (Å²) in [4.78, 5) is 60.0. The van der Waals surface area contributed by atoms with Gasteiger partial charge in [0.1, 0.15) is 5.75 Å². The lowest BCUT2D eigenvalue weighted by atomic mass is 9.68. The Kier molecular flexibility index (Phi) is 6.72. The molecule has 1 aromatic heterocycles. The molecule has 4 heterocycles. The summed E-state index contributed by atoms with van der Waals surface area (Å²) in [6, 6.07) is 14.7. The zero-order valence-electron chi connectivity index (χ0n) is 23.2. The van der Waals surface area contributed by atoms with Crippen molar-refractivity contribution >= 4 is 58.1 Å². The van der Waals surface area contributed by atoms with Gasteiger partial charge >= 0.3 is 4.87 Å². The Bertz CT molecular complexity index is 1670. The average molecular weight is 636 g/mol. The average Bonchev–Trinajstić information content (AvgIpc) is 3.76. The van der Waals surface area contributed by atoms with Crippen molar-refractivity contribution in [3.05, 3.63) is 73.7 Å². The quantitative estimate of drug-likeness (QED) is 0.389. The number of hydrogen-bond acceptors (Lipinski definition) is 7. The first-order chi connectivity index (χ1) is 20.9. The van der Waals surface area contributed by atoms with E-state index in [1.807, 2.05) is 29.2 Å². The number of aromatic amines is 1. The number of anilines is 1. The molecular formula is C32H30ClN3O5S2. The number of fused-ring (bicyclic) bond motifs is 9. The van der Waals surface area contributed by atoms with E-state index in [9.17, 15) is 19.2 Å². The number of amides is 3. The molecule has 2 aromatic carbocycles. The van der Waals surface area contributed by atoms with Gasteiger partial charge < -0.3 is 14.6 Å². The van der Waals surface area contributed by atoms with E-state index < -0.39 is 0 Å². The third-order valence-corrected chi connectivity index (χ3v) is 13.0. The Balaban J connectivity index is 1.08. The molecule has 4 fully saturated rings. The van der Waals surface area contributed by atoms with E-state index in [4.69, 9.17) is 16.3 Å². The number of likely N-dealkylation sites (tertiary alicyclic amines) is 1. The minimum absolute atomic E-state index is 0.0117. The molecule has 2 saturated heterocycles. The third-order valence-electron chi connectivity index (χ3n) is 10.1. The largest absolute Gasteiger partial charge is 0.484 e. The molecule has 8 nitrogen and oxygen atoms in total. The van der Waals surface area contributed by atoms with E-state index in [0.29, 0.717) is 16.5 Å². The van der Waals surface area contributed by atoms with E-state index in [2.05, 4.69) is 4.98 Å². The predicted molar refractivity (Wildman–Crippen MR) is 165 cm³/mol. The number of imide groups is 1. The van der Waals surface area contributed by atoms with Crippen molar-refractivity contribution in [2.75, 3.05) is 24.6 Å². The number of nitrogens with zero attached hydrogens (tertiary/aromatic N) is 2. The highest BCUT2D eigenvalue weighted by atomic mass is 35.5. The molecular weight excluding hydrogens is 606 g/mol. The van der Waals surface area contributed by atoms with Crippen molar-refractivity contribution in [3.63, 3.8) is 0 Å². The van der Waals surface area contributed by atoms with Crippen LogP contribution in [0.15, 0.2) is 58.4 Å². The number of rotatable bonds is 5. The number of carbonyl (C=O) groups is 3. The number of halogens is 1. The number of hydrogen-bond donors (Lipinski definition) is 1. The van der Waals surface area contributed by atoms with Crippen molar-refractivity contribution in [3.8, 4) is 5.75 Å². The Morgan fingerprint density at radius 1 is 0.930 bits per heavy atom. The first-order valence-corrected chi connectivity index (χ1v) is 17.0. The molecule has 222 valence electrons. The topological polar surface area (TPSA) is 99.8 Å². The minimum atomic E-state index is -0.363. The number of H-pyrrole nitrogens is 1. The lowest BCUT2D eigenvalue weighted by molar-refractivity contribution is -0.134. The fourth-order valence-corrected chi connectivity index (χ4v) is 11.4. The lowest BCUT2D eigenvalue weighted by Crippen LogP contribution is -2.42. The van der Waals surface area contributed by atoms with Crippen LogP contribution in [0.5, 0.6) is 5.75 Å². The summed E-state index contributed by atoms with van der Waals surface area (Å²) < 4.78 is 5.87. The molecule has 0 spiro atoms. The maximum absolute atomic E-state index is 13.9. The number of thioether (sulfide) groups is 1. The first-order valence-electron chi connectivity index (χ1n) is 14.9. The molecule has 11 heteroatoms. The van der Waals surface area contributed by atoms with Crippen LogP contribution in [-0.2, 0) is 14.4 Å².